The number of amides is 1. The van der Waals surface area contributed by atoms with Gasteiger partial charge in [-0.15, -0.1) is 0 Å². The van der Waals surface area contributed by atoms with E-state index < -0.39 is 0 Å². The Kier molecular flexibility index (Phi) is 6.84. The second kappa shape index (κ2) is 10.5. The molecule has 1 fully saturated rings. The Hall–Kier alpha value is -3.67. The molecule has 4 aromatic rings. The zero-order valence-electron chi connectivity index (χ0n) is 19.3. The predicted molar refractivity (Wildman–Crippen MR) is 133 cm³/mol. The Bertz CT molecular complexity index is 1230. The highest BCUT2D eigenvalue weighted by molar-refractivity contribution is 5.90. The van der Waals surface area contributed by atoms with E-state index in [1.807, 2.05) is 42.7 Å². The number of carbonyl (C=O) groups is 1. The van der Waals surface area contributed by atoms with Gasteiger partial charge in [-0.25, -0.2) is 0 Å². The van der Waals surface area contributed by atoms with Crippen LogP contribution in [0.25, 0.3) is 10.9 Å². The molecule has 0 spiro atoms. The first-order valence-corrected chi connectivity index (χ1v) is 12.1. The molecule has 0 unspecified atom stereocenters. The lowest BCUT2D eigenvalue weighted by Crippen LogP contribution is -2.37. The molecular formula is C28H30N4O2. The molecule has 1 aromatic carbocycles. The van der Waals surface area contributed by atoms with Crippen molar-refractivity contribution in [1.29, 1.82) is 0 Å². The van der Waals surface area contributed by atoms with Crippen molar-refractivity contribution in [2.45, 2.75) is 57.7 Å². The second-order valence-corrected chi connectivity index (χ2v) is 9.04. The largest absolute Gasteiger partial charge is 0.489 e. The minimum Gasteiger partial charge on any atom is -0.489 e. The maximum Gasteiger partial charge on any atom is 0.224 e. The number of carbonyl (C=O) groups excluding carboxylic acids is 1. The summed E-state index contributed by atoms with van der Waals surface area (Å²) in [7, 11) is 0. The first-order chi connectivity index (χ1) is 16.7. The van der Waals surface area contributed by atoms with Gasteiger partial charge >= 0.3 is 0 Å². The van der Waals surface area contributed by atoms with Gasteiger partial charge in [-0.1, -0.05) is 19.3 Å². The smallest absolute Gasteiger partial charge is 0.224 e. The number of fused-ring (bicyclic) bond motifs is 1. The summed E-state index contributed by atoms with van der Waals surface area (Å²) in [6.07, 6.45) is 15.5. The lowest BCUT2D eigenvalue weighted by molar-refractivity contribution is -0.121. The molecule has 0 radical (unpaired) electrons. The van der Waals surface area contributed by atoms with E-state index in [4.69, 9.17) is 4.74 Å². The number of hydrogen-bond acceptors (Lipinski definition) is 4. The van der Waals surface area contributed by atoms with Crippen molar-refractivity contribution < 1.29 is 9.53 Å². The fourth-order valence-corrected chi connectivity index (χ4v) is 4.74. The molecule has 0 saturated heterocycles. The van der Waals surface area contributed by atoms with Gasteiger partial charge in [0.1, 0.15) is 12.4 Å². The van der Waals surface area contributed by atoms with Crippen LogP contribution in [-0.4, -0.2) is 26.5 Å². The summed E-state index contributed by atoms with van der Waals surface area (Å²) in [5, 5.41) is 4.31. The summed E-state index contributed by atoms with van der Waals surface area (Å²) >= 11 is 0. The second-order valence-electron chi connectivity index (χ2n) is 9.04. The van der Waals surface area contributed by atoms with Crippen LogP contribution in [0.1, 0.15) is 48.8 Å². The van der Waals surface area contributed by atoms with Crippen molar-refractivity contribution in [3.05, 3.63) is 90.1 Å². The third-order valence-electron chi connectivity index (χ3n) is 6.51. The minimum absolute atomic E-state index is 0.0953. The lowest BCUT2D eigenvalue weighted by Gasteiger charge is -2.22. The number of pyridine rings is 2. The van der Waals surface area contributed by atoms with Crippen LogP contribution in [0.2, 0.25) is 0 Å². The summed E-state index contributed by atoms with van der Waals surface area (Å²) in [5.41, 5.74) is 4.35. The average Bonchev–Trinajstić information content (AvgIpc) is 3.20. The number of rotatable bonds is 8. The molecule has 1 amide bonds. The van der Waals surface area contributed by atoms with Gasteiger partial charge in [-0.2, -0.15) is 0 Å². The van der Waals surface area contributed by atoms with Gasteiger partial charge in [-0.05, 0) is 72.0 Å². The maximum atomic E-state index is 12.9. The van der Waals surface area contributed by atoms with E-state index in [1.54, 1.807) is 12.4 Å². The van der Waals surface area contributed by atoms with E-state index >= 15 is 0 Å². The molecule has 5 rings (SSSR count). The van der Waals surface area contributed by atoms with Gasteiger partial charge in [0.2, 0.25) is 5.91 Å². The SMILES string of the molecule is O=C(Cc1cn(Cc2ccncc2)c2ccc(OCc3ccncc3)cc12)NC1CCCCC1. The Labute approximate surface area is 200 Å². The van der Waals surface area contributed by atoms with Crippen molar-refractivity contribution in [1.82, 2.24) is 19.9 Å². The van der Waals surface area contributed by atoms with Crippen LogP contribution in [0.5, 0.6) is 5.75 Å². The summed E-state index contributed by atoms with van der Waals surface area (Å²) < 4.78 is 8.27. The van der Waals surface area contributed by atoms with Crippen LogP contribution >= 0.6 is 0 Å². The fourth-order valence-electron chi connectivity index (χ4n) is 4.74. The van der Waals surface area contributed by atoms with E-state index in [1.165, 1.54) is 24.8 Å². The standard InChI is InChI=1S/C28H30N4O2/c33-28(31-24-4-2-1-3-5-24)16-23-19-32(18-21-8-12-29-13-9-21)27-7-6-25(17-26(23)27)34-20-22-10-14-30-15-11-22/h6-15,17,19,24H,1-5,16,18,20H2,(H,31,33). The highest BCUT2D eigenvalue weighted by Gasteiger charge is 2.18. The number of nitrogens with zero attached hydrogens (tertiary/aromatic N) is 3. The molecule has 174 valence electrons. The fraction of sp³-hybridized carbons (Fsp3) is 0.321. The molecule has 1 saturated carbocycles. The monoisotopic (exact) mass is 454 g/mol. The number of hydrogen-bond donors (Lipinski definition) is 1. The first kappa shape index (κ1) is 22.1. The summed E-state index contributed by atoms with van der Waals surface area (Å²) in [5.74, 6) is 0.887. The molecule has 0 atom stereocenters. The van der Waals surface area contributed by atoms with E-state index in [-0.39, 0.29) is 5.91 Å². The molecule has 3 heterocycles. The number of ether oxygens (including phenoxy) is 1. The van der Waals surface area contributed by atoms with Crippen molar-refractivity contribution in [2.75, 3.05) is 0 Å². The van der Waals surface area contributed by atoms with E-state index in [9.17, 15) is 4.79 Å². The molecule has 6 nitrogen and oxygen atoms in total. The molecule has 1 N–H and O–H groups in total. The van der Waals surface area contributed by atoms with Crippen LogP contribution in [-0.2, 0) is 24.4 Å². The van der Waals surface area contributed by atoms with E-state index in [0.717, 1.165) is 47.2 Å². The van der Waals surface area contributed by atoms with Crippen LogP contribution in [0.4, 0.5) is 0 Å². The van der Waals surface area contributed by atoms with Gasteiger partial charge in [0, 0.05) is 54.5 Å². The lowest BCUT2D eigenvalue weighted by atomic mass is 9.95. The van der Waals surface area contributed by atoms with Crippen LogP contribution in [0.15, 0.2) is 73.4 Å². The zero-order chi connectivity index (χ0) is 23.2. The highest BCUT2D eigenvalue weighted by atomic mass is 16.5. The van der Waals surface area contributed by atoms with Crippen molar-refractivity contribution in [3.8, 4) is 5.75 Å². The Balaban J connectivity index is 1.39. The third kappa shape index (κ3) is 5.45. The average molecular weight is 455 g/mol. The minimum atomic E-state index is 0.0953. The number of benzene rings is 1. The van der Waals surface area contributed by atoms with E-state index in [2.05, 4.69) is 38.2 Å². The number of nitrogens with one attached hydrogen (secondary N) is 1. The Morgan fingerprint density at radius 3 is 2.38 bits per heavy atom. The first-order valence-electron chi connectivity index (χ1n) is 12.1. The Morgan fingerprint density at radius 2 is 1.65 bits per heavy atom. The normalized spacial score (nSPS) is 14.2. The molecule has 0 aliphatic heterocycles. The molecule has 6 heteroatoms. The molecular weight excluding hydrogens is 424 g/mol. The van der Waals surface area contributed by atoms with Crippen LogP contribution in [0.3, 0.4) is 0 Å². The topological polar surface area (TPSA) is 69.0 Å². The van der Waals surface area contributed by atoms with Gasteiger partial charge < -0.3 is 14.6 Å². The molecule has 1 aliphatic rings. The highest BCUT2D eigenvalue weighted by Crippen LogP contribution is 2.28. The zero-order valence-corrected chi connectivity index (χ0v) is 19.3. The van der Waals surface area contributed by atoms with Crippen molar-refractivity contribution in [2.24, 2.45) is 0 Å². The summed E-state index contributed by atoms with van der Waals surface area (Å²) in [6.45, 7) is 1.20. The molecule has 3 aromatic heterocycles. The van der Waals surface area contributed by atoms with Crippen molar-refractivity contribution >= 4 is 16.8 Å². The molecule has 0 bridgehead atoms. The van der Waals surface area contributed by atoms with Crippen LogP contribution in [0, 0.1) is 0 Å². The molecule has 34 heavy (non-hydrogen) atoms. The number of aromatic nitrogens is 3. The Morgan fingerprint density at radius 1 is 0.941 bits per heavy atom. The van der Waals surface area contributed by atoms with Gasteiger partial charge in [0.05, 0.1) is 6.42 Å². The maximum absolute atomic E-state index is 12.9. The van der Waals surface area contributed by atoms with Crippen molar-refractivity contribution in [3.63, 3.8) is 0 Å². The quantitative estimate of drug-likeness (QED) is 0.405. The van der Waals surface area contributed by atoms with E-state index in [0.29, 0.717) is 19.1 Å². The summed E-state index contributed by atoms with van der Waals surface area (Å²) in [6, 6.07) is 14.4. The van der Waals surface area contributed by atoms with Gasteiger partial charge in [0.25, 0.3) is 0 Å². The van der Waals surface area contributed by atoms with Gasteiger partial charge in [-0.3, -0.25) is 14.8 Å². The third-order valence-corrected chi connectivity index (χ3v) is 6.51. The molecule has 1 aliphatic carbocycles. The summed E-state index contributed by atoms with van der Waals surface area (Å²) in [4.78, 5) is 21.1. The van der Waals surface area contributed by atoms with Gasteiger partial charge in [0.15, 0.2) is 0 Å². The predicted octanol–water partition coefficient (Wildman–Crippen LogP) is 5.05. The van der Waals surface area contributed by atoms with Crippen LogP contribution < -0.4 is 10.1 Å².